The Morgan fingerprint density at radius 3 is 2.67 bits per heavy atom. The molecule has 0 saturated carbocycles. The number of nitrogens with one attached hydrogen (secondary N) is 2. The summed E-state index contributed by atoms with van der Waals surface area (Å²) in [5.41, 5.74) is 7.51. The van der Waals surface area contributed by atoms with Gasteiger partial charge in [-0.15, -0.1) is 10.2 Å². The molecule has 0 atom stereocenters. The Labute approximate surface area is 186 Å². The van der Waals surface area contributed by atoms with Crippen molar-refractivity contribution in [2.75, 3.05) is 29.2 Å². The number of aromatic nitrogens is 2. The van der Waals surface area contributed by atoms with E-state index in [1.54, 1.807) is 36.4 Å². The van der Waals surface area contributed by atoms with Gasteiger partial charge in [-0.3, -0.25) is 9.59 Å². The molecule has 1 aromatic heterocycles. The molecule has 0 spiro atoms. The van der Waals surface area contributed by atoms with Crippen LogP contribution in [0.4, 0.5) is 16.5 Å². The number of hydrogen-bond donors (Lipinski definition) is 3. The number of aryl methyl sites for hydroxylation is 1. The number of nitrogens with zero attached hydrogens (tertiary/aromatic N) is 2. The van der Waals surface area contributed by atoms with Crippen LogP contribution in [-0.2, 0) is 4.79 Å². The summed E-state index contributed by atoms with van der Waals surface area (Å²) >= 11 is 8.54. The van der Waals surface area contributed by atoms with Crippen LogP contribution >= 0.6 is 34.7 Å². The number of nitrogens with two attached hydrogens (primary N) is 1. The highest BCUT2D eigenvalue weighted by atomic mass is 35.5. The lowest BCUT2D eigenvalue weighted by Gasteiger charge is -2.14. The maximum Gasteiger partial charge on any atom is 0.257 e. The van der Waals surface area contributed by atoms with E-state index in [9.17, 15) is 9.59 Å². The fourth-order valence-electron chi connectivity index (χ4n) is 2.50. The van der Waals surface area contributed by atoms with Crippen molar-refractivity contribution in [3.63, 3.8) is 0 Å². The minimum atomic E-state index is -0.393. The highest BCUT2D eigenvalue weighted by Crippen LogP contribution is 2.32. The summed E-state index contributed by atoms with van der Waals surface area (Å²) in [6, 6.07) is 10.1. The Balaban J connectivity index is 1.72. The van der Waals surface area contributed by atoms with E-state index in [1.807, 2.05) is 6.92 Å². The van der Waals surface area contributed by atoms with Crippen LogP contribution < -0.4 is 21.1 Å². The van der Waals surface area contributed by atoms with Gasteiger partial charge in [-0.25, -0.2) is 0 Å². The molecule has 0 bridgehead atoms. The first-order valence-electron chi connectivity index (χ1n) is 8.63. The van der Waals surface area contributed by atoms with Crippen molar-refractivity contribution < 1.29 is 14.3 Å². The van der Waals surface area contributed by atoms with Gasteiger partial charge in [-0.2, -0.15) is 0 Å². The molecule has 0 fully saturated rings. The molecule has 0 saturated heterocycles. The van der Waals surface area contributed by atoms with E-state index in [4.69, 9.17) is 22.1 Å². The topological polar surface area (TPSA) is 119 Å². The predicted molar refractivity (Wildman–Crippen MR) is 121 cm³/mol. The highest BCUT2D eigenvalue weighted by molar-refractivity contribution is 8.01. The molecule has 0 aliphatic heterocycles. The molecule has 30 heavy (non-hydrogen) atoms. The zero-order valence-electron chi connectivity index (χ0n) is 16.1. The Bertz CT molecular complexity index is 1090. The molecule has 0 aliphatic rings. The number of halogens is 1. The first-order chi connectivity index (χ1) is 14.4. The van der Waals surface area contributed by atoms with Crippen molar-refractivity contribution >= 4 is 63.0 Å². The number of carbonyl (C=O) groups is 2. The maximum atomic E-state index is 12.9. The van der Waals surface area contributed by atoms with E-state index < -0.39 is 5.91 Å². The normalized spacial score (nSPS) is 10.5. The van der Waals surface area contributed by atoms with Gasteiger partial charge in [0.2, 0.25) is 11.0 Å². The molecular formula is C19H18ClN5O3S2. The quantitative estimate of drug-likeness (QED) is 0.451. The van der Waals surface area contributed by atoms with Crippen LogP contribution in [-0.4, -0.2) is 34.9 Å². The summed E-state index contributed by atoms with van der Waals surface area (Å²) in [5.74, 6) is -0.132. The molecule has 8 nitrogen and oxygen atoms in total. The number of benzene rings is 2. The second-order valence-electron chi connectivity index (χ2n) is 6.04. The van der Waals surface area contributed by atoms with E-state index in [0.29, 0.717) is 37.2 Å². The van der Waals surface area contributed by atoms with Crippen LogP contribution in [0.5, 0.6) is 5.75 Å². The Kier molecular flexibility index (Phi) is 7.14. The second kappa shape index (κ2) is 9.79. The van der Waals surface area contributed by atoms with Gasteiger partial charge in [-0.1, -0.05) is 46.8 Å². The van der Waals surface area contributed by atoms with Crippen LogP contribution in [0.2, 0.25) is 5.02 Å². The van der Waals surface area contributed by atoms with E-state index in [2.05, 4.69) is 20.8 Å². The third kappa shape index (κ3) is 5.41. The van der Waals surface area contributed by atoms with Gasteiger partial charge < -0.3 is 21.1 Å². The number of amides is 2. The summed E-state index contributed by atoms with van der Waals surface area (Å²) < 4.78 is 5.89. The van der Waals surface area contributed by atoms with Gasteiger partial charge in [0.15, 0.2) is 4.34 Å². The first kappa shape index (κ1) is 21.9. The number of rotatable bonds is 7. The monoisotopic (exact) mass is 463 g/mol. The molecule has 4 N–H and O–H groups in total. The molecule has 0 unspecified atom stereocenters. The lowest BCUT2D eigenvalue weighted by molar-refractivity contribution is -0.113. The van der Waals surface area contributed by atoms with E-state index in [1.165, 1.54) is 30.2 Å². The molecule has 1 heterocycles. The number of hydrogen-bond acceptors (Lipinski definition) is 8. The average Bonchev–Trinajstić information content (AvgIpc) is 3.14. The lowest BCUT2D eigenvalue weighted by atomic mass is 10.1. The van der Waals surface area contributed by atoms with Crippen molar-refractivity contribution in [1.29, 1.82) is 0 Å². The Hall–Kier alpha value is -2.82. The third-order valence-corrected chi connectivity index (χ3v) is 6.22. The summed E-state index contributed by atoms with van der Waals surface area (Å²) in [6.07, 6.45) is 0. The minimum absolute atomic E-state index is 0.106. The maximum absolute atomic E-state index is 12.9. The lowest BCUT2D eigenvalue weighted by Crippen LogP contribution is -2.19. The number of methoxy groups -OCH3 is 1. The molecule has 156 valence electrons. The zero-order valence-corrected chi connectivity index (χ0v) is 18.5. The zero-order chi connectivity index (χ0) is 21.7. The largest absolute Gasteiger partial charge is 0.495 e. The highest BCUT2D eigenvalue weighted by Gasteiger charge is 2.16. The summed E-state index contributed by atoms with van der Waals surface area (Å²) in [5, 5.41) is 14.0. The smallest absolute Gasteiger partial charge is 0.257 e. The fraction of sp³-hybridized carbons (Fsp3) is 0.158. The van der Waals surface area contributed by atoms with E-state index in [0.717, 1.165) is 5.56 Å². The van der Waals surface area contributed by atoms with Crippen LogP contribution in [0.25, 0.3) is 0 Å². The van der Waals surface area contributed by atoms with Crippen molar-refractivity contribution in [2.24, 2.45) is 0 Å². The molecule has 0 radical (unpaired) electrons. The standard InChI is InChI=1S/C19H18ClN5O3S2/c1-10-7-14(15(28-2)8-12(10)20)23-17(27)11-5-3-4-6-13(11)22-16(26)9-29-19-25-24-18(21)30-19/h3-8H,9H2,1-2H3,(H2,21,24)(H,22,26)(H,23,27). The molecule has 11 heteroatoms. The number of ether oxygens (including phenoxy) is 1. The molecule has 3 aromatic rings. The van der Waals surface area contributed by atoms with Crippen molar-refractivity contribution in [3.8, 4) is 5.75 Å². The third-order valence-electron chi connectivity index (χ3n) is 3.92. The minimum Gasteiger partial charge on any atom is -0.495 e. The average molecular weight is 464 g/mol. The van der Waals surface area contributed by atoms with E-state index in [-0.39, 0.29) is 11.7 Å². The van der Waals surface area contributed by atoms with Crippen molar-refractivity contribution in [3.05, 3.63) is 52.5 Å². The molecular weight excluding hydrogens is 446 g/mol. The fourth-order valence-corrected chi connectivity index (χ4v) is 4.09. The Morgan fingerprint density at radius 1 is 1.20 bits per heavy atom. The van der Waals surface area contributed by atoms with Crippen molar-refractivity contribution in [2.45, 2.75) is 11.3 Å². The second-order valence-corrected chi connectivity index (χ2v) is 8.68. The van der Waals surface area contributed by atoms with Gasteiger partial charge in [0.25, 0.3) is 5.91 Å². The summed E-state index contributed by atoms with van der Waals surface area (Å²) in [6.45, 7) is 1.83. The number of nitrogen functional groups attached to an aromatic ring is 1. The van der Waals surface area contributed by atoms with Crippen LogP contribution in [0, 0.1) is 6.92 Å². The van der Waals surface area contributed by atoms with Crippen LogP contribution in [0.3, 0.4) is 0 Å². The van der Waals surface area contributed by atoms with Crippen LogP contribution in [0.15, 0.2) is 40.7 Å². The van der Waals surface area contributed by atoms with Gasteiger partial charge in [-0.05, 0) is 30.7 Å². The first-order valence-corrected chi connectivity index (χ1v) is 10.8. The van der Waals surface area contributed by atoms with E-state index >= 15 is 0 Å². The predicted octanol–water partition coefficient (Wildman–Crippen LogP) is 4.07. The van der Waals surface area contributed by atoms with Gasteiger partial charge in [0.05, 0.1) is 29.8 Å². The Morgan fingerprint density at radius 2 is 1.97 bits per heavy atom. The molecule has 2 aromatic carbocycles. The molecule has 3 rings (SSSR count). The van der Waals surface area contributed by atoms with Gasteiger partial charge in [0.1, 0.15) is 5.75 Å². The number of carbonyl (C=O) groups excluding carboxylic acids is 2. The van der Waals surface area contributed by atoms with Crippen molar-refractivity contribution in [1.82, 2.24) is 10.2 Å². The summed E-state index contributed by atoms with van der Waals surface area (Å²) in [7, 11) is 1.49. The molecule has 2 amide bonds. The van der Waals surface area contributed by atoms with Gasteiger partial charge >= 0.3 is 0 Å². The van der Waals surface area contributed by atoms with Crippen LogP contribution in [0.1, 0.15) is 15.9 Å². The number of thioether (sulfide) groups is 1. The SMILES string of the molecule is COc1cc(Cl)c(C)cc1NC(=O)c1ccccc1NC(=O)CSc1nnc(N)s1. The number of para-hydroxylation sites is 1. The molecule has 0 aliphatic carbocycles. The van der Waals surface area contributed by atoms with Gasteiger partial charge in [0, 0.05) is 11.1 Å². The number of anilines is 3. The summed E-state index contributed by atoms with van der Waals surface area (Å²) in [4.78, 5) is 25.2.